The lowest BCUT2D eigenvalue weighted by Crippen LogP contribution is -2.40. The molecule has 1 heterocycles. The SMILES string of the molecule is CCCCCCCCCCCCC/C=C/CCC1NC=CN1C(C)O. The minimum atomic E-state index is -0.420. The van der Waals surface area contributed by atoms with Gasteiger partial charge in [0.15, 0.2) is 0 Å². The highest BCUT2D eigenvalue weighted by atomic mass is 16.3. The fourth-order valence-corrected chi connectivity index (χ4v) is 3.46. The number of nitrogens with zero attached hydrogens (tertiary/aromatic N) is 1. The van der Waals surface area contributed by atoms with Crippen LogP contribution in [0.5, 0.6) is 0 Å². The Hall–Kier alpha value is -0.960. The van der Waals surface area contributed by atoms with Crippen molar-refractivity contribution < 1.29 is 5.11 Å². The van der Waals surface area contributed by atoms with Gasteiger partial charge >= 0.3 is 0 Å². The summed E-state index contributed by atoms with van der Waals surface area (Å²) in [7, 11) is 0. The molecule has 25 heavy (non-hydrogen) atoms. The van der Waals surface area contributed by atoms with E-state index in [0.717, 1.165) is 12.8 Å². The van der Waals surface area contributed by atoms with Crippen molar-refractivity contribution in [3.8, 4) is 0 Å². The summed E-state index contributed by atoms with van der Waals surface area (Å²) in [5, 5.41) is 13.0. The monoisotopic (exact) mass is 350 g/mol. The summed E-state index contributed by atoms with van der Waals surface area (Å²) in [5.41, 5.74) is 0. The van der Waals surface area contributed by atoms with Gasteiger partial charge in [-0.1, -0.05) is 83.3 Å². The number of rotatable bonds is 16. The Morgan fingerprint density at radius 1 is 0.920 bits per heavy atom. The van der Waals surface area contributed by atoms with Crippen LogP contribution in [0.1, 0.15) is 104 Å². The first-order valence-corrected chi connectivity index (χ1v) is 10.8. The van der Waals surface area contributed by atoms with Crippen molar-refractivity contribution in [1.29, 1.82) is 0 Å². The van der Waals surface area contributed by atoms with Gasteiger partial charge in [-0.25, -0.2) is 0 Å². The van der Waals surface area contributed by atoms with E-state index in [4.69, 9.17) is 0 Å². The third-order valence-corrected chi connectivity index (χ3v) is 5.07. The molecule has 2 N–H and O–H groups in total. The van der Waals surface area contributed by atoms with Crippen LogP contribution in [-0.2, 0) is 0 Å². The summed E-state index contributed by atoms with van der Waals surface area (Å²) in [4.78, 5) is 1.97. The molecule has 0 aromatic heterocycles. The highest BCUT2D eigenvalue weighted by Gasteiger charge is 2.20. The molecule has 3 heteroatoms. The zero-order valence-corrected chi connectivity index (χ0v) is 16.8. The van der Waals surface area contributed by atoms with Crippen molar-refractivity contribution in [2.24, 2.45) is 0 Å². The van der Waals surface area contributed by atoms with Gasteiger partial charge in [-0.2, -0.15) is 0 Å². The van der Waals surface area contributed by atoms with Crippen LogP contribution in [0.25, 0.3) is 0 Å². The van der Waals surface area contributed by atoms with Crippen LogP contribution in [0.2, 0.25) is 0 Å². The molecule has 146 valence electrons. The summed E-state index contributed by atoms with van der Waals surface area (Å²) < 4.78 is 0. The first-order valence-electron chi connectivity index (χ1n) is 10.8. The predicted octanol–water partition coefficient (Wildman–Crippen LogP) is 6.06. The number of hydrogen-bond donors (Lipinski definition) is 2. The molecule has 1 aliphatic rings. The van der Waals surface area contributed by atoms with Gasteiger partial charge in [0.05, 0.1) is 0 Å². The fourth-order valence-electron chi connectivity index (χ4n) is 3.46. The lowest BCUT2D eigenvalue weighted by molar-refractivity contribution is 0.0264. The van der Waals surface area contributed by atoms with Crippen LogP contribution in [0.4, 0.5) is 0 Å². The first kappa shape index (κ1) is 22.1. The molecule has 2 atom stereocenters. The van der Waals surface area contributed by atoms with Gasteiger partial charge in [0.1, 0.15) is 12.4 Å². The molecule has 1 aliphatic heterocycles. The highest BCUT2D eigenvalue weighted by molar-refractivity contribution is 4.95. The quantitative estimate of drug-likeness (QED) is 0.262. The second kappa shape index (κ2) is 15.3. The normalized spacial score (nSPS) is 18.2. The summed E-state index contributed by atoms with van der Waals surface area (Å²) in [6.07, 6.45) is 27.1. The predicted molar refractivity (Wildman–Crippen MR) is 109 cm³/mol. The second-order valence-corrected chi connectivity index (χ2v) is 7.45. The van der Waals surface area contributed by atoms with E-state index in [1.165, 1.54) is 77.0 Å². The average Bonchev–Trinajstić information content (AvgIpc) is 3.07. The molecule has 3 nitrogen and oxygen atoms in total. The molecule has 0 aromatic rings. The van der Waals surface area contributed by atoms with E-state index in [2.05, 4.69) is 24.4 Å². The zero-order chi connectivity index (χ0) is 18.2. The average molecular weight is 351 g/mol. The van der Waals surface area contributed by atoms with E-state index in [0.29, 0.717) is 0 Å². The molecular formula is C22H42N2O. The van der Waals surface area contributed by atoms with Gasteiger partial charge in [0, 0.05) is 12.4 Å². The van der Waals surface area contributed by atoms with Crippen molar-refractivity contribution in [3.05, 3.63) is 24.6 Å². The smallest absolute Gasteiger partial charge is 0.125 e. The Kier molecular flexibility index (Phi) is 13.5. The lowest BCUT2D eigenvalue weighted by atomic mass is 10.1. The molecule has 0 saturated carbocycles. The van der Waals surface area contributed by atoms with E-state index in [-0.39, 0.29) is 6.17 Å². The van der Waals surface area contributed by atoms with E-state index in [1.807, 2.05) is 24.2 Å². The van der Waals surface area contributed by atoms with Crippen LogP contribution in [0.15, 0.2) is 24.6 Å². The molecule has 0 fully saturated rings. The fraction of sp³-hybridized carbons (Fsp3) is 0.818. The summed E-state index contributed by atoms with van der Waals surface area (Å²) in [6, 6.07) is 0. The van der Waals surface area contributed by atoms with Gasteiger partial charge in [0.2, 0.25) is 0 Å². The zero-order valence-electron chi connectivity index (χ0n) is 16.8. The van der Waals surface area contributed by atoms with E-state index in [9.17, 15) is 5.11 Å². The van der Waals surface area contributed by atoms with Gasteiger partial charge in [-0.15, -0.1) is 0 Å². The minimum Gasteiger partial charge on any atom is -0.374 e. The van der Waals surface area contributed by atoms with Crippen LogP contribution in [0, 0.1) is 0 Å². The summed E-state index contributed by atoms with van der Waals surface area (Å²) in [6.45, 7) is 4.09. The van der Waals surface area contributed by atoms with Gasteiger partial charge in [-0.3, -0.25) is 0 Å². The van der Waals surface area contributed by atoms with Crippen LogP contribution < -0.4 is 5.32 Å². The molecule has 0 saturated heterocycles. The largest absolute Gasteiger partial charge is 0.374 e. The highest BCUT2D eigenvalue weighted by Crippen LogP contribution is 2.14. The minimum absolute atomic E-state index is 0.242. The number of aliphatic hydroxyl groups excluding tert-OH is 1. The number of hydrogen-bond acceptors (Lipinski definition) is 3. The molecule has 0 spiro atoms. The van der Waals surface area contributed by atoms with E-state index >= 15 is 0 Å². The van der Waals surface area contributed by atoms with Gasteiger partial charge in [-0.05, 0) is 32.6 Å². The maximum absolute atomic E-state index is 9.66. The molecule has 0 amide bonds. The van der Waals surface area contributed by atoms with Crippen molar-refractivity contribution in [2.45, 2.75) is 116 Å². The number of nitrogens with one attached hydrogen (secondary N) is 1. The van der Waals surface area contributed by atoms with E-state index in [1.54, 1.807) is 0 Å². The van der Waals surface area contributed by atoms with Gasteiger partial charge in [0.25, 0.3) is 0 Å². The van der Waals surface area contributed by atoms with Crippen molar-refractivity contribution in [2.75, 3.05) is 0 Å². The summed E-state index contributed by atoms with van der Waals surface area (Å²) >= 11 is 0. The van der Waals surface area contributed by atoms with E-state index < -0.39 is 6.23 Å². The third-order valence-electron chi connectivity index (χ3n) is 5.07. The Morgan fingerprint density at radius 2 is 1.48 bits per heavy atom. The van der Waals surface area contributed by atoms with Gasteiger partial charge < -0.3 is 15.3 Å². The maximum atomic E-state index is 9.66. The molecule has 1 rings (SSSR count). The number of aliphatic hydroxyl groups is 1. The first-order chi connectivity index (χ1) is 12.3. The molecule has 0 aliphatic carbocycles. The van der Waals surface area contributed by atoms with Crippen molar-refractivity contribution in [3.63, 3.8) is 0 Å². The van der Waals surface area contributed by atoms with Crippen molar-refractivity contribution in [1.82, 2.24) is 10.2 Å². The number of unbranched alkanes of at least 4 members (excludes halogenated alkanes) is 11. The molecule has 0 aromatic carbocycles. The Labute approximate surface area is 156 Å². The van der Waals surface area contributed by atoms with Crippen molar-refractivity contribution >= 4 is 0 Å². The Morgan fingerprint density at radius 3 is 2.08 bits per heavy atom. The van der Waals surface area contributed by atoms with Crippen LogP contribution in [0.3, 0.4) is 0 Å². The molecule has 2 unspecified atom stereocenters. The Bertz CT molecular complexity index is 352. The lowest BCUT2D eigenvalue weighted by Gasteiger charge is -2.27. The second-order valence-electron chi connectivity index (χ2n) is 7.45. The molecule has 0 bridgehead atoms. The molecule has 0 radical (unpaired) electrons. The third kappa shape index (κ3) is 11.3. The topological polar surface area (TPSA) is 35.5 Å². The van der Waals surface area contributed by atoms with Crippen LogP contribution >= 0.6 is 0 Å². The number of allylic oxidation sites excluding steroid dienone is 2. The van der Waals surface area contributed by atoms with Crippen LogP contribution in [-0.4, -0.2) is 22.4 Å². The maximum Gasteiger partial charge on any atom is 0.125 e. The molecular weight excluding hydrogens is 308 g/mol. The standard InChI is InChI=1S/C22H42N2O/c1-3-4-5-6-7-8-9-10-11-12-13-14-15-16-17-18-22-23-19-20-24(22)21(2)25/h15-16,19-23,25H,3-14,17-18H2,1-2H3/b16-15+. The summed E-state index contributed by atoms with van der Waals surface area (Å²) in [5.74, 6) is 0. The Balaban J connectivity index is 1.83.